The van der Waals surface area contributed by atoms with Gasteiger partial charge in [0.25, 0.3) is 17.5 Å². The molecule has 0 aliphatic heterocycles. The van der Waals surface area contributed by atoms with E-state index in [1.165, 1.54) is 31.4 Å². The number of non-ortho nitro benzene ring substituents is 1. The first-order chi connectivity index (χ1) is 16.2. The standard InChI is InChI=1S/C25H22BrN3O5/c1-15-7-9-21(16(2)11-15)27-25(31)22(13-17-5-4-6-19(12-17)29(32)33)28-24(30)20-14-18(26)8-10-23(20)34-3/h4-14H,1-3H3,(H,27,31)(H,28,30). The van der Waals surface area contributed by atoms with Crippen molar-refractivity contribution >= 4 is 45.2 Å². The van der Waals surface area contributed by atoms with Gasteiger partial charge in [0.2, 0.25) is 0 Å². The number of nitro groups is 1. The maximum Gasteiger partial charge on any atom is 0.272 e. The first-order valence-electron chi connectivity index (χ1n) is 10.2. The molecule has 0 aliphatic carbocycles. The van der Waals surface area contributed by atoms with Crippen LogP contribution in [-0.4, -0.2) is 23.8 Å². The fourth-order valence-corrected chi connectivity index (χ4v) is 3.61. The lowest BCUT2D eigenvalue weighted by Crippen LogP contribution is -2.31. The van der Waals surface area contributed by atoms with E-state index in [2.05, 4.69) is 26.6 Å². The van der Waals surface area contributed by atoms with E-state index < -0.39 is 16.7 Å². The molecule has 9 heteroatoms. The molecule has 2 N–H and O–H groups in total. The summed E-state index contributed by atoms with van der Waals surface area (Å²) in [5.74, 6) is -0.837. The van der Waals surface area contributed by atoms with Crippen molar-refractivity contribution in [3.8, 4) is 5.75 Å². The molecule has 0 radical (unpaired) electrons. The smallest absolute Gasteiger partial charge is 0.272 e. The first kappa shape index (κ1) is 24.7. The second kappa shape index (κ2) is 10.8. The van der Waals surface area contributed by atoms with Gasteiger partial charge in [-0.1, -0.05) is 45.8 Å². The summed E-state index contributed by atoms with van der Waals surface area (Å²) in [5.41, 5.74) is 2.83. The quantitative estimate of drug-likeness (QED) is 0.245. The maximum absolute atomic E-state index is 13.2. The van der Waals surface area contributed by atoms with Crippen LogP contribution < -0.4 is 15.4 Å². The summed E-state index contributed by atoms with van der Waals surface area (Å²) < 4.78 is 5.92. The van der Waals surface area contributed by atoms with Gasteiger partial charge in [0.1, 0.15) is 11.4 Å². The van der Waals surface area contributed by atoms with E-state index in [9.17, 15) is 19.7 Å². The molecule has 0 atom stereocenters. The predicted octanol–water partition coefficient (Wildman–Crippen LogP) is 5.39. The largest absolute Gasteiger partial charge is 0.496 e. The SMILES string of the molecule is COc1ccc(Br)cc1C(=O)NC(=Cc1cccc([N+](=O)[O-])c1)C(=O)Nc1ccc(C)cc1C. The Morgan fingerprint density at radius 1 is 1.06 bits per heavy atom. The fourth-order valence-electron chi connectivity index (χ4n) is 3.24. The number of methoxy groups -OCH3 is 1. The van der Waals surface area contributed by atoms with Crippen LogP contribution in [0.5, 0.6) is 5.75 Å². The van der Waals surface area contributed by atoms with Gasteiger partial charge >= 0.3 is 0 Å². The molecule has 3 aromatic carbocycles. The molecule has 3 rings (SSSR count). The summed E-state index contributed by atoms with van der Waals surface area (Å²) in [7, 11) is 1.44. The Balaban J connectivity index is 2.00. The zero-order valence-electron chi connectivity index (χ0n) is 18.7. The second-order valence-corrected chi connectivity index (χ2v) is 8.40. The van der Waals surface area contributed by atoms with E-state index in [4.69, 9.17) is 4.74 Å². The van der Waals surface area contributed by atoms with Crippen LogP contribution in [0.1, 0.15) is 27.0 Å². The Bertz CT molecular complexity index is 1300. The number of nitrogens with one attached hydrogen (secondary N) is 2. The van der Waals surface area contributed by atoms with Gasteiger partial charge in [-0.25, -0.2) is 0 Å². The number of hydrogen-bond acceptors (Lipinski definition) is 5. The highest BCUT2D eigenvalue weighted by Gasteiger charge is 2.19. The molecule has 174 valence electrons. The molecule has 0 saturated carbocycles. The minimum absolute atomic E-state index is 0.0903. The number of aryl methyl sites for hydroxylation is 2. The molecule has 34 heavy (non-hydrogen) atoms. The third kappa shape index (κ3) is 6.08. The monoisotopic (exact) mass is 523 g/mol. The number of hydrogen-bond donors (Lipinski definition) is 2. The van der Waals surface area contributed by atoms with E-state index in [-0.39, 0.29) is 16.9 Å². The molecular weight excluding hydrogens is 502 g/mol. The Morgan fingerprint density at radius 3 is 2.50 bits per heavy atom. The normalized spacial score (nSPS) is 11.0. The van der Waals surface area contributed by atoms with E-state index in [1.807, 2.05) is 26.0 Å². The minimum Gasteiger partial charge on any atom is -0.496 e. The predicted molar refractivity (Wildman–Crippen MR) is 134 cm³/mol. The summed E-state index contributed by atoms with van der Waals surface area (Å²) in [6.45, 7) is 3.80. The topological polar surface area (TPSA) is 111 Å². The van der Waals surface area contributed by atoms with Gasteiger partial charge in [0.05, 0.1) is 17.6 Å². The van der Waals surface area contributed by atoms with Crippen molar-refractivity contribution in [3.05, 3.63) is 103 Å². The third-order valence-electron chi connectivity index (χ3n) is 4.92. The summed E-state index contributed by atoms with van der Waals surface area (Å²) in [5, 5.41) is 16.6. The van der Waals surface area contributed by atoms with Crippen molar-refractivity contribution in [1.29, 1.82) is 0 Å². The molecular formula is C25H22BrN3O5. The summed E-state index contributed by atoms with van der Waals surface area (Å²) in [4.78, 5) is 36.9. The van der Waals surface area contributed by atoms with Crippen LogP contribution in [0.2, 0.25) is 0 Å². The number of carbonyl (C=O) groups excluding carboxylic acids is 2. The van der Waals surface area contributed by atoms with Crippen molar-refractivity contribution in [1.82, 2.24) is 5.32 Å². The van der Waals surface area contributed by atoms with Crippen LogP contribution in [0.3, 0.4) is 0 Å². The molecule has 0 heterocycles. The number of nitro benzene ring substituents is 1. The number of nitrogens with zero attached hydrogens (tertiary/aromatic N) is 1. The van der Waals surface area contributed by atoms with Crippen LogP contribution in [0, 0.1) is 24.0 Å². The number of benzene rings is 3. The lowest BCUT2D eigenvalue weighted by Gasteiger charge is -2.14. The number of ether oxygens (including phenoxy) is 1. The lowest BCUT2D eigenvalue weighted by molar-refractivity contribution is -0.384. The van der Waals surface area contributed by atoms with E-state index in [0.29, 0.717) is 21.5 Å². The zero-order valence-corrected chi connectivity index (χ0v) is 20.3. The minimum atomic E-state index is -0.583. The van der Waals surface area contributed by atoms with Gasteiger partial charge in [0, 0.05) is 22.3 Å². The number of halogens is 1. The molecule has 0 fully saturated rings. The molecule has 0 saturated heterocycles. The molecule has 2 amide bonds. The number of carbonyl (C=O) groups is 2. The van der Waals surface area contributed by atoms with Crippen molar-refractivity contribution in [3.63, 3.8) is 0 Å². The molecule has 0 aliphatic rings. The molecule has 3 aromatic rings. The highest BCUT2D eigenvalue weighted by molar-refractivity contribution is 9.10. The molecule has 0 bridgehead atoms. The van der Waals surface area contributed by atoms with Gasteiger partial charge in [0.15, 0.2) is 0 Å². The second-order valence-electron chi connectivity index (χ2n) is 7.48. The molecule has 0 spiro atoms. The number of anilines is 1. The summed E-state index contributed by atoms with van der Waals surface area (Å²) in [6.07, 6.45) is 1.38. The Kier molecular flexibility index (Phi) is 7.80. The van der Waals surface area contributed by atoms with Gasteiger partial charge in [-0.3, -0.25) is 19.7 Å². The highest BCUT2D eigenvalue weighted by atomic mass is 79.9. The van der Waals surface area contributed by atoms with Crippen LogP contribution >= 0.6 is 15.9 Å². The van der Waals surface area contributed by atoms with Crippen LogP contribution in [0.25, 0.3) is 6.08 Å². The van der Waals surface area contributed by atoms with Crippen molar-refractivity contribution in [2.75, 3.05) is 12.4 Å². The number of amides is 2. The molecule has 0 aromatic heterocycles. The van der Waals surface area contributed by atoms with Gasteiger partial charge < -0.3 is 15.4 Å². The van der Waals surface area contributed by atoms with E-state index in [0.717, 1.165) is 11.1 Å². The summed E-state index contributed by atoms with van der Waals surface area (Å²) >= 11 is 3.33. The van der Waals surface area contributed by atoms with Crippen molar-refractivity contribution in [2.24, 2.45) is 0 Å². The zero-order chi connectivity index (χ0) is 24.8. The Labute approximate surface area is 204 Å². The lowest BCUT2D eigenvalue weighted by atomic mass is 10.1. The Hall–Kier alpha value is -3.98. The highest BCUT2D eigenvalue weighted by Crippen LogP contribution is 2.24. The van der Waals surface area contributed by atoms with Gasteiger partial charge in [-0.2, -0.15) is 0 Å². The first-order valence-corrected chi connectivity index (χ1v) is 11.0. The van der Waals surface area contributed by atoms with Crippen LogP contribution in [0.15, 0.2) is 70.8 Å². The molecule has 0 unspecified atom stereocenters. The van der Waals surface area contributed by atoms with Gasteiger partial charge in [-0.15, -0.1) is 0 Å². The van der Waals surface area contributed by atoms with Crippen LogP contribution in [-0.2, 0) is 4.79 Å². The Morgan fingerprint density at radius 2 is 1.82 bits per heavy atom. The van der Waals surface area contributed by atoms with Crippen molar-refractivity contribution in [2.45, 2.75) is 13.8 Å². The van der Waals surface area contributed by atoms with E-state index >= 15 is 0 Å². The number of rotatable bonds is 7. The average molecular weight is 524 g/mol. The maximum atomic E-state index is 13.2. The third-order valence-corrected chi connectivity index (χ3v) is 5.41. The summed E-state index contributed by atoms with van der Waals surface area (Å²) in [6, 6.07) is 16.2. The van der Waals surface area contributed by atoms with Crippen LogP contribution in [0.4, 0.5) is 11.4 Å². The average Bonchev–Trinajstić information content (AvgIpc) is 2.80. The van der Waals surface area contributed by atoms with Crippen molar-refractivity contribution < 1.29 is 19.2 Å². The fraction of sp³-hybridized carbons (Fsp3) is 0.120. The molecule has 8 nitrogen and oxygen atoms in total. The van der Waals surface area contributed by atoms with Gasteiger partial charge in [-0.05, 0) is 55.3 Å². The van der Waals surface area contributed by atoms with E-state index in [1.54, 1.807) is 30.3 Å².